The van der Waals surface area contributed by atoms with E-state index < -0.39 is 29.1 Å². The number of ether oxygens (including phenoxy) is 5. The minimum Gasteiger partial charge on any atom is -0.355 e. The van der Waals surface area contributed by atoms with Gasteiger partial charge in [-0.1, -0.05) is 34.6 Å². The highest BCUT2D eigenvalue weighted by Crippen LogP contribution is 2.62. The number of carbonyl (C=O) groups excluding carboxylic acids is 1. The monoisotopic (exact) mass is 650 g/mol. The molecule has 2 spiro atoms. The molecular weight excluding hydrogens is 592 g/mol. The van der Waals surface area contributed by atoms with Gasteiger partial charge in [-0.05, 0) is 88.4 Å². The maximum atomic E-state index is 11.8. The first-order valence-electron chi connectivity index (χ1n) is 18.3. The zero-order valence-corrected chi connectivity index (χ0v) is 29.3. The lowest BCUT2D eigenvalue weighted by Crippen LogP contribution is -2.70. The van der Waals surface area contributed by atoms with Crippen LogP contribution in [0.25, 0.3) is 0 Å². The molecule has 10 fully saturated rings. The highest BCUT2D eigenvalue weighted by molar-refractivity contribution is 5.77. The standard InChI is InChI=1S/C20H32O5.C16H26O5/c1-5-14(21)7-9-17-13(3)16-8-6-12(2)15-10-11-19(4)23-18(22-17)20(15,16)25-24-19;1-9-5-6-12-10(2)13(17-4)18-14-16(12)11(9)7-8-15(3,19-14)20-21-16/h12-13,15-18H,5-11H2,1-4H3;9-14H,5-8H2,1-4H3/t12-,13-,15+,16+,17-,18-,19+,20-;9-,10-,11+,12+,13+,14-,15+,16-/m11/s1. The minimum atomic E-state index is -0.720. The van der Waals surface area contributed by atoms with Crippen LogP contribution < -0.4 is 0 Å². The summed E-state index contributed by atoms with van der Waals surface area (Å²) >= 11 is 0. The molecule has 262 valence electrons. The Morgan fingerprint density at radius 2 is 1.22 bits per heavy atom. The van der Waals surface area contributed by atoms with Gasteiger partial charge in [-0.3, -0.25) is 4.79 Å². The molecule has 16 atom stereocenters. The molecule has 8 saturated heterocycles. The lowest BCUT2D eigenvalue weighted by Gasteiger charge is -2.60. The molecule has 10 nitrogen and oxygen atoms in total. The predicted molar refractivity (Wildman–Crippen MR) is 165 cm³/mol. The van der Waals surface area contributed by atoms with Crippen molar-refractivity contribution in [3.63, 3.8) is 0 Å². The van der Waals surface area contributed by atoms with Gasteiger partial charge in [-0.25, -0.2) is 19.6 Å². The molecule has 0 aromatic heterocycles. The molecule has 0 unspecified atom stereocenters. The fourth-order valence-electron chi connectivity index (χ4n) is 10.9. The van der Waals surface area contributed by atoms with E-state index in [2.05, 4.69) is 27.7 Å². The molecule has 10 heteroatoms. The lowest BCUT2D eigenvalue weighted by atomic mass is 9.57. The summed E-state index contributed by atoms with van der Waals surface area (Å²) in [5.74, 6) is 2.22. The molecule has 2 saturated carbocycles. The van der Waals surface area contributed by atoms with E-state index >= 15 is 0 Å². The Hall–Kier alpha value is -0.690. The summed E-state index contributed by atoms with van der Waals surface area (Å²) in [6.45, 7) is 14.9. The lowest BCUT2D eigenvalue weighted by molar-refractivity contribution is -0.577. The number of fused-ring (bicyclic) bond motifs is 4. The third-order valence-corrected chi connectivity index (χ3v) is 13.7. The number of ketones is 1. The average Bonchev–Trinajstić information content (AvgIpc) is 3.41. The number of methoxy groups -OCH3 is 1. The summed E-state index contributed by atoms with van der Waals surface area (Å²) in [7, 11) is 1.70. The SMILES string of the molecule is CCC(=O)CC[C@H]1O[C@@H]2O[C@]3(C)CC[C@H]4[C@H](C)CC[C@@H]([C@H]1C)[C@@]24OO3.CO[C@H]1O[C@@H]2O[C@]3(C)CC[C@H]4[C@H](C)CC[C@@H]([C@H]1C)[C@@]24OO3. The molecule has 0 amide bonds. The first-order valence-corrected chi connectivity index (χ1v) is 18.3. The molecule has 0 N–H and O–H groups in total. The van der Waals surface area contributed by atoms with Crippen molar-refractivity contribution < 1.29 is 48.0 Å². The van der Waals surface area contributed by atoms with Crippen LogP contribution in [0.5, 0.6) is 0 Å². The molecular formula is C36H58O10. The largest absolute Gasteiger partial charge is 0.355 e. The van der Waals surface area contributed by atoms with Gasteiger partial charge < -0.3 is 23.7 Å². The van der Waals surface area contributed by atoms with Gasteiger partial charge in [0.05, 0.1) is 6.10 Å². The van der Waals surface area contributed by atoms with Crippen LogP contribution in [0.15, 0.2) is 0 Å². The number of hydrogen-bond donors (Lipinski definition) is 0. The molecule has 2 aliphatic carbocycles. The Balaban J connectivity index is 0.000000149. The van der Waals surface area contributed by atoms with Gasteiger partial charge in [-0.15, -0.1) is 0 Å². The third kappa shape index (κ3) is 5.18. The van der Waals surface area contributed by atoms with Crippen molar-refractivity contribution in [3.05, 3.63) is 0 Å². The van der Waals surface area contributed by atoms with Gasteiger partial charge in [0.15, 0.2) is 30.1 Å². The predicted octanol–water partition coefficient (Wildman–Crippen LogP) is 6.84. The fraction of sp³-hybridized carbons (Fsp3) is 0.972. The zero-order valence-electron chi connectivity index (χ0n) is 29.3. The number of Topliss-reactive ketones (excluding diaryl/α,β-unsaturated/α-hetero) is 1. The minimum absolute atomic E-state index is 0.0525. The maximum Gasteiger partial charge on any atom is 0.201 e. The van der Waals surface area contributed by atoms with Crippen molar-refractivity contribution >= 4 is 5.78 Å². The van der Waals surface area contributed by atoms with Crippen molar-refractivity contribution in [2.24, 2.45) is 47.3 Å². The van der Waals surface area contributed by atoms with Gasteiger partial charge in [0.2, 0.25) is 11.6 Å². The molecule has 0 radical (unpaired) electrons. The topological polar surface area (TPSA) is 100 Å². The van der Waals surface area contributed by atoms with Crippen molar-refractivity contribution in [2.45, 2.75) is 167 Å². The van der Waals surface area contributed by atoms with Crippen LogP contribution in [0.2, 0.25) is 0 Å². The summed E-state index contributed by atoms with van der Waals surface area (Å²) in [6.07, 6.45) is 9.49. The van der Waals surface area contributed by atoms with Gasteiger partial charge in [-0.2, -0.15) is 0 Å². The van der Waals surface area contributed by atoms with Crippen LogP contribution in [0, 0.1) is 47.3 Å². The van der Waals surface area contributed by atoms with Gasteiger partial charge in [0.1, 0.15) is 5.78 Å². The summed E-state index contributed by atoms with van der Waals surface area (Å²) in [6, 6.07) is 0. The van der Waals surface area contributed by atoms with Crippen molar-refractivity contribution in [2.75, 3.05) is 7.11 Å². The second-order valence-electron chi connectivity index (χ2n) is 16.4. The van der Waals surface area contributed by atoms with Gasteiger partial charge in [0.25, 0.3) is 0 Å². The second kappa shape index (κ2) is 12.3. The normalized spacial score (nSPS) is 55.2. The molecule has 46 heavy (non-hydrogen) atoms. The molecule has 8 aliphatic heterocycles. The van der Waals surface area contributed by atoms with E-state index in [4.69, 9.17) is 43.2 Å². The third-order valence-electron chi connectivity index (χ3n) is 13.7. The molecule has 4 bridgehead atoms. The molecule has 8 heterocycles. The van der Waals surface area contributed by atoms with E-state index in [0.29, 0.717) is 60.1 Å². The van der Waals surface area contributed by atoms with Crippen LogP contribution in [-0.2, 0) is 48.0 Å². The number of carbonyl (C=O) groups is 1. The average molecular weight is 651 g/mol. The summed E-state index contributed by atoms with van der Waals surface area (Å²) in [5, 5.41) is 0. The van der Waals surface area contributed by atoms with Crippen LogP contribution in [-0.4, -0.2) is 60.6 Å². The maximum absolute atomic E-state index is 11.8. The van der Waals surface area contributed by atoms with E-state index in [1.807, 2.05) is 20.8 Å². The Morgan fingerprint density at radius 1 is 0.696 bits per heavy atom. The van der Waals surface area contributed by atoms with Crippen molar-refractivity contribution in [1.29, 1.82) is 0 Å². The summed E-state index contributed by atoms with van der Waals surface area (Å²) in [5.41, 5.74) is -0.958. The van der Waals surface area contributed by atoms with Gasteiger partial charge >= 0.3 is 0 Å². The first-order chi connectivity index (χ1) is 21.9. The quantitative estimate of drug-likeness (QED) is 0.294. The van der Waals surface area contributed by atoms with E-state index in [-0.39, 0.29) is 24.6 Å². The Labute approximate surface area is 275 Å². The van der Waals surface area contributed by atoms with E-state index in [0.717, 1.165) is 44.9 Å². The zero-order chi connectivity index (χ0) is 32.6. The van der Waals surface area contributed by atoms with Gasteiger partial charge in [0, 0.05) is 50.5 Å². The van der Waals surface area contributed by atoms with Crippen LogP contribution in [0.3, 0.4) is 0 Å². The molecule has 0 aromatic carbocycles. The van der Waals surface area contributed by atoms with Crippen LogP contribution >= 0.6 is 0 Å². The first kappa shape index (κ1) is 33.8. The number of hydrogen-bond acceptors (Lipinski definition) is 10. The van der Waals surface area contributed by atoms with E-state index in [9.17, 15) is 4.79 Å². The van der Waals surface area contributed by atoms with Crippen molar-refractivity contribution in [3.8, 4) is 0 Å². The van der Waals surface area contributed by atoms with E-state index in [1.165, 1.54) is 12.8 Å². The van der Waals surface area contributed by atoms with E-state index in [1.54, 1.807) is 7.11 Å². The number of rotatable bonds is 5. The Morgan fingerprint density at radius 3 is 1.74 bits per heavy atom. The smallest absolute Gasteiger partial charge is 0.201 e. The Kier molecular flexibility index (Phi) is 9.01. The van der Waals surface area contributed by atoms with Crippen LogP contribution in [0.1, 0.15) is 119 Å². The Bertz CT molecular complexity index is 1140. The highest BCUT2D eigenvalue weighted by atomic mass is 17.3. The van der Waals surface area contributed by atoms with Crippen LogP contribution in [0.4, 0.5) is 0 Å². The highest BCUT2D eigenvalue weighted by Gasteiger charge is 2.70. The molecule has 0 aromatic rings. The van der Waals surface area contributed by atoms with Crippen molar-refractivity contribution in [1.82, 2.24) is 0 Å². The summed E-state index contributed by atoms with van der Waals surface area (Å²) in [4.78, 5) is 35.6. The summed E-state index contributed by atoms with van der Waals surface area (Å²) < 4.78 is 30.7. The molecule has 10 aliphatic rings. The fourth-order valence-corrected chi connectivity index (χ4v) is 10.9. The second-order valence-corrected chi connectivity index (χ2v) is 16.4. The molecule has 10 rings (SSSR count).